The Hall–Kier alpha value is -2.23. The fourth-order valence-corrected chi connectivity index (χ4v) is 4.61. The average molecular weight is 365 g/mol. The Morgan fingerprint density at radius 2 is 2.08 bits per heavy atom. The minimum Gasteiger partial charge on any atom is -0.444 e. The molecular weight excluding hydrogens is 346 g/mol. The predicted molar refractivity (Wildman–Crippen MR) is 91.3 cm³/mol. The summed E-state index contributed by atoms with van der Waals surface area (Å²) in [7, 11) is -3.73. The molecule has 2 aromatic rings. The van der Waals surface area contributed by atoms with Crippen LogP contribution in [-0.2, 0) is 26.3 Å². The summed E-state index contributed by atoms with van der Waals surface area (Å²) in [5, 5.41) is 0.589. The molecule has 0 saturated carbocycles. The molecule has 2 heterocycles. The van der Waals surface area contributed by atoms with Gasteiger partial charge >= 0.3 is 5.97 Å². The summed E-state index contributed by atoms with van der Waals surface area (Å²) in [5.74, 6) is -0.506. The molecule has 1 aliphatic heterocycles. The molecule has 0 radical (unpaired) electrons. The van der Waals surface area contributed by atoms with Crippen LogP contribution in [0.15, 0.2) is 40.2 Å². The molecule has 1 aromatic carbocycles. The summed E-state index contributed by atoms with van der Waals surface area (Å²) in [6.07, 6.45) is 2.03. The number of hydrogen-bond donors (Lipinski definition) is 1. The maximum Gasteiger partial charge on any atom is 0.304 e. The molecule has 2 N–H and O–H groups in total. The van der Waals surface area contributed by atoms with Crippen LogP contribution in [-0.4, -0.2) is 42.4 Å². The molecule has 0 spiro atoms. The highest BCUT2D eigenvalue weighted by atomic mass is 32.2. The van der Waals surface area contributed by atoms with Crippen molar-refractivity contribution in [2.75, 3.05) is 13.1 Å². The van der Waals surface area contributed by atoms with E-state index in [1.54, 1.807) is 12.1 Å². The van der Waals surface area contributed by atoms with E-state index < -0.39 is 21.6 Å². The van der Waals surface area contributed by atoms with Crippen LogP contribution in [0.4, 0.5) is 0 Å². The molecule has 134 valence electrons. The number of carbonyl (C=O) groups is 1. The molecule has 9 heteroatoms. The van der Waals surface area contributed by atoms with Crippen molar-refractivity contribution >= 4 is 26.8 Å². The van der Waals surface area contributed by atoms with Crippen LogP contribution in [0.1, 0.15) is 13.3 Å². The average Bonchev–Trinajstić information content (AvgIpc) is 3.01. The summed E-state index contributed by atoms with van der Waals surface area (Å²) in [6, 6.07) is 5.94. The first kappa shape index (κ1) is 17.6. The number of rotatable bonds is 4. The van der Waals surface area contributed by atoms with Gasteiger partial charge in [0.1, 0.15) is 0 Å². The van der Waals surface area contributed by atoms with E-state index in [1.165, 1.54) is 34.1 Å². The number of sulfonamides is 1. The minimum atomic E-state index is -3.73. The summed E-state index contributed by atoms with van der Waals surface area (Å²) >= 11 is 0. The largest absolute Gasteiger partial charge is 0.444 e. The van der Waals surface area contributed by atoms with Gasteiger partial charge in [-0.15, -0.1) is 0 Å². The Morgan fingerprint density at radius 1 is 1.32 bits per heavy atom. The standard InChI is InChI=1S/C16H19N3O5S/c1-11(20)24-10-18-7-6-13-14(16(18)21)3-2-4-15(13)25(22,23)19-8-5-12(17)9-19/h2-4,6-7,12H,5,8-10,17H2,1H3/t12-/m1/s1. The third kappa shape index (κ3) is 3.30. The Kier molecular flexibility index (Phi) is 4.63. The van der Waals surface area contributed by atoms with Gasteiger partial charge in [-0.25, -0.2) is 8.42 Å². The number of aromatic nitrogens is 1. The number of hydrogen-bond acceptors (Lipinski definition) is 6. The van der Waals surface area contributed by atoms with Crippen LogP contribution in [0.25, 0.3) is 10.8 Å². The molecule has 3 rings (SSSR count). The molecule has 1 saturated heterocycles. The van der Waals surface area contributed by atoms with Crippen molar-refractivity contribution in [1.29, 1.82) is 0 Å². The van der Waals surface area contributed by atoms with Crippen molar-refractivity contribution < 1.29 is 17.9 Å². The van der Waals surface area contributed by atoms with Crippen LogP contribution in [0.2, 0.25) is 0 Å². The maximum absolute atomic E-state index is 12.9. The lowest BCUT2D eigenvalue weighted by Crippen LogP contribution is -2.32. The van der Waals surface area contributed by atoms with E-state index in [-0.39, 0.29) is 29.6 Å². The highest BCUT2D eigenvalue weighted by Crippen LogP contribution is 2.26. The van der Waals surface area contributed by atoms with Gasteiger partial charge in [-0.05, 0) is 24.6 Å². The van der Waals surface area contributed by atoms with Crippen molar-refractivity contribution in [2.24, 2.45) is 5.73 Å². The first-order valence-electron chi connectivity index (χ1n) is 7.82. The lowest BCUT2D eigenvalue weighted by molar-refractivity contribution is -0.144. The monoisotopic (exact) mass is 365 g/mol. The second-order valence-corrected chi connectivity index (χ2v) is 7.89. The van der Waals surface area contributed by atoms with Gasteiger partial charge in [-0.3, -0.25) is 14.2 Å². The molecule has 0 bridgehead atoms. The van der Waals surface area contributed by atoms with Crippen molar-refractivity contribution in [3.05, 3.63) is 40.8 Å². The van der Waals surface area contributed by atoms with Crippen molar-refractivity contribution in [1.82, 2.24) is 8.87 Å². The number of nitrogens with zero attached hydrogens (tertiary/aromatic N) is 2. The molecule has 1 fully saturated rings. The summed E-state index contributed by atoms with van der Waals surface area (Å²) in [5.41, 5.74) is 5.39. The topological polar surface area (TPSA) is 112 Å². The SMILES string of the molecule is CC(=O)OCn1ccc2c(S(=O)(=O)N3CC[C@@H](N)C3)cccc2c1=O. The van der Waals surface area contributed by atoms with Crippen LogP contribution >= 0.6 is 0 Å². The summed E-state index contributed by atoms with van der Waals surface area (Å²) in [6.45, 7) is 1.66. The van der Waals surface area contributed by atoms with E-state index in [0.717, 1.165) is 0 Å². The Labute approximate surface area is 144 Å². The van der Waals surface area contributed by atoms with E-state index in [4.69, 9.17) is 10.5 Å². The second kappa shape index (κ2) is 6.58. The molecule has 0 unspecified atom stereocenters. The van der Waals surface area contributed by atoms with E-state index >= 15 is 0 Å². The van der Waals surface area contributed by atoms with Gasteiger partial charge in [-0.1, -0.05) is 6.07 Å². The molecule has 0 amide bonds. The van der Waals surface area contributed by atoms with Gasteiger partial charge in [0.25, 0.3) is 5.56 Å². The molecule has 1 atom stereocenters. The third-order valence-corrected chi connectivity index (χ3v) is 6.11. The first-order chi connectivity index (χ1) is 11.8. The molecule has 1 aromatic heterocycles. The van der Waals surface area contributed by atoms with E-state index in [2.05, 4.69) is 0 Å². The molecule has 8 nitrogen and oxygen atoms in total. The van der Waals surface area contributed by atoms with Crippen LogP contribution in [0, 0.1) is 0 Å². The number of pyridine rings is 1. The normalized spacial score (nSPS) is 18.6. The Bertz CT molecular complexity index is 983. The summed E-state index contributed by atoms with van der Waals surface area (Å²) in [4.78, 5) is 23.5. The van der Waals surface area contributed by atoms with E-state index in [9.17, 15) is 18.0 Å². The van der Waals surface area contributed by atoms with Crippen molar-refractivity contribution in [3.63, 3.8) is 0 Å². The summed E-state index contributed by atoms with van der Waals surface area (Å²) < 4.78 is 33.2. The number of carbonyl (C=O) groups excluding carboxylic acids is 1. The molecule has 25 heavy (non-hydrogen) atoms. The van der Waals surface area contributed by atoms with Crippen molar-refractivity contribution in [2.45, 2.75) is 31.0 Å². The highest BCUT2D eigenvalue weighted by molar-refractivity contribution is 7.89. The predicted octanol–water partition coefficient (Wildman–Crippen LogP) is 0.244. The fourth-order valence-electron chi connectivity index (χ4n) is 2.89. The van der Waals surface area contributed by atoms with Gasteiger partial charge in [0.05, 0.1) is 4.90 Å². The quantitative estimate of drug-likeness (QED) is 0.777. The molecular formula is C16H19N3O5S. The molecule has 0 aliphatic carbocycles. The third-order valence-electron chi connectivity index (χ3n) is 4.19. The smallest absolute Gasteiger partial charge is 0.304 e. The van der Waals surface area contributed by atoms with Gasteiger partial charge in [-0.2, -0.15) is 4.31 Å². The highest BCUT2D eigenvalue weighted by Gasteiger charge is 2.32. The maximum atomic E-state index is 12.9. The number of nitrogens with two attached hydrogens (primary N) is 1. The van der Waals surface area contributed by atoms with E-state index in [1.807, 2.05) is 0 Å². The van der Waals surface area contributed by atoms with E-state index in [0.29, 0.717) is 18.4 Å². The molecule has 1 aliphatic rings. The van der Waals surface area contributed by atoms with Gasteiger partial charge in [0.15, 0.2) is 6.73 Å². The fraction of sp³-hybridized carbons (Fsp3) is 0.375. The Balaban J connectivity index is 2.07. The minimum absolute atomic E-state index is 0.0795. The van der Waals surface area contributed by atoms with Crippen LogP contribution in [0.5, 0.6) is 0 Å². The van der Waals surface area contributed by atoms with Gasteiger partial charge < -0.3 is 10.5 Å². The number of esters is 1. The number of ether oxygens (including phenoxy) is 1. The van der Waals surface area contributed by atoms with Crippen LogP contribution < -0.4 is 11.3 Å². The number of benzene rings is 1. The Morgan fingerprint density at radius 3 is 2.72 bits per heavy atom. The zero-order valence-electron chi connectivity index (χ0n) is 13.7. The van der Waals surface area contributed by atoms with Crippen molar-refractivity contribution in [3.8, 4) is 0 Å². The lowest BCUT2D eigenvalue weighted by Gasteiger charge is -2.17. The van der Waals surface area contributed by atoms with Gasteiger partial charge in [0.2, 0.25) is 10.0 Å². The first-order valence-corrected chi connectivity index (χ1v) is 9.26. The van der Waals surface area contributed by atoms with Gasteiger partial charge in [0, 0.05) is 43.0 Å². The zero-order chi connectivity index (χ0) is 18.2. The lowest BCUT2D eigenvalue weighted by atomic mass is 10.2. The number of fused-ring (bicyclic) bond motifs is 1. The zero-order valence-corrected chi connectivity index (χ0v) is 14.5. The van der Waals surface area contributed by atoms with Crippen LogP contribution in [0.3, 0.4) is 0 Å². The second-order valence-electron chi connectivity index (χ2n) is 5.98.